The van der Waals surface area contributed by atoms with E-state index in [1.54, 1.807) is 18.7 Å². The lowest BCUT2D eigenvalue weighted by Gasteiger charge is -2.33. The van der Waals surface area contributed by atoms with Gasteiger partial charge in [0.05, 0.1) is 6.61 Å². The number of ether oxygens (including phenoxy) is 2. The zero-order chi connectivity index (χ0) is 21.5. The van der Waals surface area contributed by atoms with Gasteiger partial charge in [-0.05, 0) is 31.2 Å². The van der Waals surface area contributed by atoms with Crippen molar-refractivity contribution in [3.8, 4) is 0 Å². The van der Waals surface area contributed by atoms with Crippen LogP contribution in [-0.4, -0.2) is 66.4 Å². The molecule has 0 radical (unpaired) electrons. The number of hydrogen-bond acceptors (Lipinski definition) is 6. The minimum atomic E-state index is -0.876. The molecular formula is C22H30N2O5S. The molecule has 0 spiro atoms. The van der Waals surface area contributed by atoms with Gasteiger partial charge in [-0.25, -0.2) is 4.79 Å². The van der Waals surface area contributed by atoms with Gasteiger partial charge >= 0.3 is 5.97 Å². The smallest absolute Gasteiger partial charge is 0.338 e. The van der Waals surface area contributed by atoms with E-state index in [2.05, 4.69) is 12.2 Å². The molecule has 1 aromatic carbocycles. The molecule has 2 aliphatic heterocycles. The highest BCUT2D eigenvalue weighted by Gasteiger charge is 2.52. The summed E-state index contributed by atoms with van der Waals surface area (Å²) in [7, 11) is 0. The maximum atomic E-state index is 13.1. The van der Waals surface area contributed by atoms with Crippen LogP contribution in [0.4, 0.5) is 0 Å². The van der Waals surface area contributed by atoms with Gasteiger partial charge in [0.15, 0.2) is 12.2 Å². The Balaban J connectivity index is 1.59. The van der Waals surface area contributed by atoms with Crippen molar-refractivity contribution in [2.24, 2.45) is 5.92 Å². The molecular weight excluding hydrogens is 404 g/mol. The zero-order valence-electron chi connectivity index (χ0n) is 17.5. The molecule has 2 saturated heterocycles. The van der Waals surface area contributed by atoms with Crippen LogP contribution in [0.2, 0.25) is 0 Å². The molecule has 1 N–H and O–H groups in total. The van der Waals surface area contributed by atoms with Gasteiger partial charge in [-0.15, -0.1) is 0 Å². The second-order valence-corrected chi connectivity index (χ2v) is 8.85. The quantitative estimate of drug-likeness (QED) is 0.472. The molecule has 0 bridgehead atoms. The van der Waals surface area contributed by atoms with Crippen molar-refractivity contribution in [2.45, 2.75) is 50.7 Å². The van der Waals surface area contributed by atoms with E-state index in [4.69, 9.17) is 9.47 Å². The molecule has 8 heteroatoms. The van der Waals surface area contributed by atoms with Crippen LogP contribution in [0, 0.1) is 5.92 Å². The largest absolute Gasteiger partial charge is 0.464 e. The van der Waals surface area contributed by atoms with Crippen molar-refractivity contribution in [2.75, 3.05) is 25.4 Å². The number of likely N-dealkylation sites (tertiary alicyclic amines) is 1. The van der Waals surface area contributed by atoms with E-state index >= 15 is 0 Å². The monoisotopic (exact) mass is 434 g/mol. The third kappa shape index (κ3) is 6.22. The predicted octanol–water partition coefficient (Wildman–Crippen LogP) is 1.99. The van der Waals surface area contributed by atoms with Crippen LogP contribution in [0.3, 0.4) is 0 Å². The van der Waals surface area contributed by atoms with Crippen LogP contribution >= 0.6 is 11.8 Å². The standard InChI is InChI=1S/C22H30N2O5S/c1-3-28-22(27)19-18(29-19)20(25)23-17(14-30-13-16-9-5-4-6-10-16)21(26)24-11-7-8-15(2)12-24/h4-6,9-10,15,17-19H,3,7-8,11-14H2,1-2H3,(H,23,25)/t15?,17?,18-,19-/m0/s1. The SMILES string of the molecule is CCOC(=O)[C@H]1O[C@@H]1C(=O)NC(CSCc1ccccc1)C(=O)N1CCCC(C)C1. The first-order chi connectivity index (χ1) is 14.5. The third-order valence-electron chi connectivity index (χ3n) is 5.25. The number of esters is 1. The molecule has 1 aromatic rings. The van der Waals surface area contributed by atoms with Crippen LogP contribution in [0.25, 0.3) is 0 Å². The van der Waals surface area contributed by atoms with Crippen LogP contribution in [-0.2, 0) is 29.6 Å². The molecule has 4 atom stereocenters. The average molecular weight is 435 g/mol. The Morgan fingerprint density at radius 1 is 1.27 bits per heavy atom. The summed E-state index contributed by atoms with van der Waals surface area (Å²) in [4.78, 5) is 39.3. The Morgan fingerprint density at radius 2 is 2.03 bits per heavy atom. The fourth-order valence-corrected chi connectivity index (χ4v) is 4.63. The van der Waals surface area contributed by atoms with E-state index < -0.39 is 30.1 Å². The first-order valence-corrected chi connectivity index (χ1v) is 11.7. The van der Waals surface area contributed by atoms with Crippen molar-refractivity contribution in [1.82, 2.24) is 10.2 Å². The van der Waals surface area contributed by atoms with E-state index in [9.17, 15) is 14.4 Å². The molecule has 2 heterocycles. The third-order valence-corrected chi connectivity index (χ3v) is 6.35. The Kier molecular flexibility index (Phi) is 8.16. The van der Waals surface area contributed by atoms with Gasteiger partial charge in [0.25, 0.3) is 5.91 Å². The normalized spacial score (nSPS) is 24.1. The van der Waals surface area contributed by atoms with E-state index in [0.29, 0.717) is 24.8 Å². The summed E-state index contributed by atoms with van der Waals surface area (Å²) < 4.78 is 10.1. The van der Waals surface area contributed by atoms with Crippen molar-refractivity contribution in [3.63, 3.8) is 0 Å². The van der Waals surface area contributed by atoms with Crippen LogP contribution in [0.15, 0.2) is 30.3 Å². The minimum absolute atomic E-state index is 0.0659. The Labute approximate surface area is 181 Å². The fraction of sp³-hybridized carbons (Fsp3) is 0.591. The Morgan fingerprint density at radius 3 is 2.73 bits per heavy atom. The number of thioether (sulfide) groups is 1. The first kappa shape index (κ1) is 22.6. The van der Waals surface area contributed by atoms with Crippen LogP contribution < -0.4 is 5.32 Å². The number of epoxide rings is 1. The molecule has 2 amide bonds. The maximum absolute atomic E-state index is 13.1. The molecule has 0 aromatic heterocycles. The number of benzene rings is 1. The summed E-state index contributed by atoms with van der Waals surface area (Å²) in [6.45, 7) is 5.49. The summed E-state index contributed by atoms with van der Waals surface area (Å²) >= 11 is 1.60. The highest BCUT2D eigenvalue weighted by atomic mass is 32.2. The van der Waals surface area contributed by atoms with Gasteiger partial charge < -0.3 is 19.7 Å². The molecule has 2 unspecified atom stereocenters. The molecule has 2 fully saturated rings. The summed E-state index contributed by atoms with van der Waals surface area (Å²) in [5.74, 6) is 0.629. The molecule has 0 saturated carbocycles. The lowest BCUT2D eigenvalue weighted by molar-refractivity contribution is -0.144. The van der Waals surface area contributed by atoms with Gasteiger partial charge in [0.1, 0.15) is 6.04 Å². The number of amides is 2. The van der Waals surface area contributed by atoms with E-state index in [1.165, 1.54) is 5.56 Å². The van der Waals surface area contributed by atoms with E-state index in [1.807, 2.05) is 35.2 Å². The van der Waals surface area contributed by atoms with E-state index in [0.717, 1.165) is 18.6 Å². The van der Waals surface area contributed by atoms with Gasteiger partial charge in [-0.1, -0.05) is 37.3 Å². The average Bonchev–Trinajstić information content (AvgIpc) is 3.55. The fourth-order valence-electron chi connectivity index (χ4n) is 3.62. The zero-order valence-corrected chi connectivity index (χ0v) is 18.4. The number of carbonyl (C=O) groups excluding carboxylic acids is 3. The molecule has 7 nitrogen and oxygen atoms in total. The Hall–Kier alpha value is -2.06. The number of carbonyl (C=O) groups is 3. The highest BCUT2D eigenvalue weighted by molar-refractivity contribution is 7.98. The summed E-state index contributed by atoms with van der Waals surface area (Å²) in [5.41, 5.74) is 1.17. The van der Waals surface area contributed by atoms with Gasteiger partial charge in [0, 0.05) is 24.6 Å². The molecule has 3 rings (SSSR count). The molecule has 2 aliphatic rings. The van der Waals surface area contributed by atoms with E-state index in [-0.39, 0.29) is 12.5 Å². The van der Waals surface area contributed by atoms with Crippen molar-refractivity contribution < 1.29 is 23.9 Å². The van der Waals surface area contributed by atoms with Gasteiger partial charge in [0.2, 0.25) is 5.91 Å². The summed E-state index contributed by atoms with van der Waals surface area (Å²) in [6.07, 6.45) is 0.341. The summed E-state index contributed by atoms with van der Waals surface area (Å²) in [5, 5.41) is 2.82. The maximum Gasteiger partial charge on any atom is 0.338 e. The molecule has 164 valence electrons. The number of piperidine rings is 1. The predicted molar refractivity (Wildman–Crippen MR) is 115 cm³/mol. The molecule has 30 heavy (non-hydrogen) atoms. The lowest BCUT2D eigenvalue weighted by atomic mass is 10.00. The van der Waals surface area contributed by atoms with Crippen LogP contribution in [0.5, 0.6) is 0 Å². The topological polar surface area (TPSA) is 88.2 Å². The van der Waals surface area contributed by atoms with Gasteiger partial charge in [-0.2, -0.15) is 11.8 Å². The molecule has 0 aliphatic carbocycles. The number of nitrogens with one attached hydrogen (secondary N) is 1. The van der Waals surface area contributed by atoms with Gasteiger partial charge in [-0.3, -0.25) is 9.59 Å². The second kappa shape index (κ2) is 10.8. The van der Waals surface area contributed by atoms with Crippen LogP contribution in [0.1, 0.15) is 32.3 Å². The summed E-state index contributed by atoms with van der Waals surface area (Å²) in [6, 6.07) is 9.36. The Bertz CT molecular complexity index is 744. The van der Waals surface area contributed by atoms with Crippen molar-refractivity contribution in [3.05, 3.63) is 35.9 Å². The van der Waals surface area contributed by atoms with Crippen molar-refractivity contribution in [1.29, 1.82) is 0 Å². The number of nitrogens with zero attached hydrogens (tertiary/aromatic N) is 1. The second-order valence-electron chi connectivity index (χ2n) is 7.82. The minimum Gasteiger partial charge on any atom is -0.464 e. The number of hydrogen-bond donors (Lipinski definition) is 1. The first-order valence-electron chi connectivity index (χ1n) is 10.5. The lowest BCUT2D eigenvalue weighted by Crippen LogP contribution is -2.53. The van der Waals surface area contributed by atoms with Crippen molar-refractivity contribution >= 4 is 29.5 Å². The highest BCUT2D eigenvalue weighted by Crippen LogP contribution is 2.25. The number of rotatable bonds is 9.